The first-order chi connectivity index (χ1) is 13.2. The molecule has 0 spiro atoms. The lowest BCUT2D eigenvalue weighted by Gasteiger charge is -2.32. The Kier molecular flexibility index (Phi) is 5.46. The molecular weight excluding hydrogens is 337 g/mol. The van der Waals surface area contributed by atoms with E-state index < -0.39 is 0 Å². The van der Waals surface area contributed by atoms with E-state index in [1.54, 1.807) is 12.1 Å². The highest BCUT2D eigenvalue weighted by molar-refractivity contribution is 5.84. The molecule has 0 unspecified atom stereocenters. The molecule has 0 radical (unpaired) electrons. The Labute approximate surface area is 160 Å². The van der Waals surface area contributed by atoms with Gasteiger partial charge in [-0.3, -0.25) is 4.98 Å². The van der Waals surface area contributed by atoms with Crippen LogP contribution in [-0.4, -0.2) is 54.6 Å². The van der Waals surface area contributed by atoms with Crippen molar-refractivity contribution in [1.82, 2.24) is 14.8 Å². The van der Waals surface area contributed by atoms with Gasteiger partial charge in [0.1, 0.15) is 5.82 Å². The molecule has 1 saturated heterocycles. The van der Waals surface area contributed by atoms with Crippen molar-refractivity contribution in [2.75, 3.05) is 39.8 Å². The molecule has 0 saturated carbocycles. The van der Waals surface area contributed by atoms with E-state index >= 15 is 0 Å². The number of piperazine rings is 1. The van der Waals surface area contributed by atoms with E-state index in [1.165, 1.54) is 44.2 Å². The number of halogens is 1. The van der Waals surface area contributed by atoms with Crippen LogP contribution in [0.15, 0.2) is 54.7 Å². The van der Waals surface area contributed by atoms with Crippen LogP contribution in [0.4, 0.5) is 4.39 Å². The predicted molar refractivity (Wildman–Crippen MR) is 109 cm³/mol. The maximum atomic E-state index is 13.5. The minimum Gasteiger partial charge on any atom is -0.304 e. The first-order valence-electron chi connectivity index (χ1n) is 9.73. The van der Waals surface area contributed by atoms with Gasteiger partial charge in [-0.25, -0.2) is 4.39 Å². The third-order valence-electron chi connectivity index (χ3n) is 5.44. The molecule has 3 aromatic rings. The zero-order valence-corrected chi connectivity index (χ0v) is 15.9. The molecule has 0 bridgehead atoms. The third-order valence-corrected chi connectivity index (χ3v) is 5.44. The lowest BCUT2D eigenvalue weighted by atomic mass is 10.0. The average Bonchev–Trinajstić information content (AvgIpc) is 2.69. The molecule has 0 atom stereocenters. The Morgan fingerprint density at radius 2 is 1.81 bits per heavy atom. The summed E-state index contributed by atoms with van der Waals surface area (Å²) in [7, 11) is 2.19. The van der Waals surface area contributed by atoms with Gasteiger partial charge in [0.05, 0.1) is 5.52 Å². The first-order valence-corrected chi connectivity index (χ1v) is 9.73. The summed E-state index contributed by atoms with van der Waals surface area (Å²) < 4.78 is 13.5. The van der Waals surface area contributed by atoms with Gasteiger partial charge in [0.25, 0.3) is 0 Å². The summed E-state index contributed by atoms with van der Waals surface area (Å²) in [5.41, 5.74) is 4.15. The third kappa shape index (κ3) is 4.52. The molecule has 3 nitrogen and oxygen atoms in total. The van der Waals surface area contributed by atoms with Crippen LogP contribution in [0.5, 0.6) is 0 Å². The lowest BCUT2D eigenvalue weighted by molar-refractivity contribution is 0.153. The number of hydrogen-bond donors (Lipinski definition) is 0. The molecule has 1 aliphatic heterocycles. The van der Waals surface area contributed by atoms with E-state index in [1.807, 2.05) is 12.3 Å². The standard InChI is InChI=1S/C23H26FN3/c1-26-10-12-27(13-11-26)9-3-4-18-7-8-20-15-21(17-25-23(20)14-18)19-5-2-6-22(24)16-19/h2,5-8,14-17H,3-4,9-13H2,1H3. The minimum atomic E-state index is -0.219. The monoisotopic (exact) mass is 363 g/mol. The summed E-state index contributed by atoms with van der Waals surface area (Å²) in [6.45, 7) is 5.87. The van der Waals surface area contributed by atoms with Crippen molar-refractivity contribution in [3.05, 3.63) is 66.1 Å². The summed E-state index contributed by atoms with van der Waals surface area (Å²) in [4.78, 5) is 9.57. The van der Waals surface area contributed by atoms with Crippen molar-refractivity contribution in [1.29, 1.82) is 0 Å². The molecule has 0 amide bonds. The fourth-order valence-corrected chi connectivity index (χ4v) is 3.73. The van der Waals surface area contributed by atoms with Crippen molar-refractivity contribution in [2.24, 2.45) is 0 Å². The molecule has 27 heavy (non-hydrogen) atoms. The van der Waals surface area contributed by atoms with Crippen molar-refractivity contribution in [2.45, 2.75) is 12.8 Å². The lowest BCUT2D eigenvalue weighted by Crippen LogP contribution is -2.44. The van der Waals surface area contributed by atoms with Crippen molar-refractivity contribution in [3.63, 3.8) is 0 Å². The van der Waals surface area contributed by atoms with Crippen LogP contribution in [0, 0.1) is 5.82 Å². The van der Waals surface area contributed by atoms with Crippen LogP contribution >= 0.6 is 0 Å². The van der Waals surface area contributed by atoms with E-state index in [4.69, 9.17) is 0 Å². The van der Waals surface area contributed by atoms with Crippen molar-refractivity contribution >= 4 is 10.9 Å². The van der Waals surface area contributed by atoms with Crippen LogP contribution in [-0.2, 0) is 6.42 Å². The van der Waals surface area contributed by atoms with Crippen LogP contribution in [0.3, 0.4) is 0 Å². The fraction of sp³-hybridized carbons (Fsp3) is 0.348. The number of rotatable bonds is 5. The zero-order valence-electron chi connectivity index (χ0n) is 15.9. The van der Waals surface area contributed by atoms with Gasteiger partial charge in [0, 0.05) is 43.3 Å². The molecule has 1 fully saturated rings. The number of aromatic nitrogens is 1. The van der Waals surface area contributed by atoms with Gasteiger partial charge < -0.3 is 9.80 Å². The SMILES string of the molecule is CN1CCN(CCCc2ccc3cc(-c4cccc(F)c4)cnc3c2)CC1. The number of aryl methyl sites for hydroxylation is 1. The van der Waals surface area contributed by atoms with E-state index in [-0.39, 0.29) is 5.82 Å². The summed E-state index contributed by atoms with van der Waals surface area (Å²) >= 11 is 0. The molecule has 0 N–H and O–H groups in total. The molecule has 140 valence electrons. The van der Waals surface area contributed by atoms with Gasteiger partial charge in [-0.1, -0.05) is 24.3 Å². The second kappa shape index (κ2) is 8.15. The Morgan fingerprint density at radius 1 is 0.963 bits per heavy atom. The van der Waals surface area contributed by atoms with Crippen LogP contribution < -0.4 is 0 Å². The van der Waals surface area contributed by atoms with Crippen LogP contribution in [0.1, 0.15) is 12.0 Å². The molecule has 1 aromatic heterocycles. The Hall–Kier alpha value is -2.30. The maximum absolute atomic E-state index is 13.5. The maximum Gasteiger partial charge on any atom is 0.123 e. The molecule has 2 aromatic carbocycles. The second-order valence-corrected chi connectivity index (χ2v) is 7.51. The van der Waals surface area contributed by atoms with Gasteiger partial charge in [0.15, 0.2) is 0 Å². The fourth-order valence-electron chi connectivity index (χ4n) is 3.73. The molecule has 4 rings (SSSR count). The highest BCUT2D eigenvalue weighted by Gasteiger charge is 2.13. The number of nitrogens with zero attached hydrogens (tertiary/aromatic N) is 3. The normalized spacial score (nSPS) is 16.1. The van der Waals surface area contributed by atoms with E-state index in [0.717, 1.165) is 35.0 Å². The van der Waals surface area contributed by atoms with E-state index in [2.05, 4.69) is 46.1 Å². The van der Waals surface area contributed by atoms with Crippen LogP contribution in [0.25, 0.3) is 22.0 Å². The van der Waals surface area contributed by atoms with Gasteiger partial charge in [-0.2, -0.15) is 0 Å². The number of likely N-dealkylation sites (N-methyl/N-ethyl adjacent to an activating group) is 1. The average molecular weight is 363 g/mol. The van der Waals surface area contributed by atoms with Crippen molar-refractivity contribution < 1.29 is 4.39 Å². The highest BCUT2D eigenvalue weighted by Crippen LogP contribution is 2.24. The van der Waals surface area contributed by atoms with Gasteiger partial charge in [0.2, 0.25) is 0 Å². The summed E-state index contributed by atoms with van der Waals surface area (Å²) in [6, 6.07) is 15.3. The van der Waals surface area contributed by atoms with Gasteiger partial charge in [-0.15, -0.1) is 0 Å². The van der Waals surface area contributed by atoms with Gasteiger partial charge >= 0.3 is 0 Å². The molecular formula is C23H26FN3. The highest BCUT2D eigenvalue weighted by atomic mass is 19.1. The Bertz CT molecular complexity index is 916. The minimum absolute atomic E-state index is 0.219. The quantitative estimate of drug-likeness (QED) is 0.677. The summed E-state index contributed by atoms with van der Waals surface area (Å²) in [6.07, 6.45) is 4.09. The smallest absolute Gasteiger partial charge is 0.123 e. The predicted octanol–water partition coefficient (Wildman–Crippen LogP) is 4.22. The summed E-state index contributed by atoms with van der Waals surface area (Å²) in [5, 5.41) is 1.10. The molecule has 0 aliphatic carbocycles. The first kappa shape index (κ1) is 18.1. The number of hydrogen-bond acceptors (Lipinski definition) is 3. The Balaban J connectivity index is 1.41. The van der Waals surface area contributed by atoms with Gasteiger partial charge in [-0.05, 0) is 61.8 Å². The second-order valence-electron chi connectivity index (χ2n) is 7.51. The zero-order chi connectivity index (χ0) is 18.6. The number of pyridine rings is 1. The van der Waals surface area contributed by atoms with Crippen molar-refractivity contribution in [3.8, 4) is 11.1 Å². The molecule has 2 heterocycles. The number of benzene rings is 2. The largest absolute Gasteiger partial charge is 0.304 e. The molecule has 1 aliphatic rings. The van der Waals surface area contributed by atoms with E-state index in [9.17, 15) is 4.39 Å². The van der Waals surface area contributed by atoms with Crippen LogP contribution in [0.2, 0.25) is 0 Å². The number of fused-ring (bicyclic) bond motifs is 1. The summed E-state index contributed by atoms with van der Waals surface area (Å²) in [5.74, 6) is -0.219. The molecule has 4 heteroatoms. The van der Waals surface area contributed by atoms with E-state index in [0.29, 0.717) is 0 Å². The Morgan fingerprint density at radius 3 is 2.63 bits per heavy atom. The topological polar surface area (TPSA) is 19.4 Å².